The molecule has 5 nitrogen and oxygen atoms in total. The van der Waals surface area contributed by atoms with E-state index in [1.54, 1.807) is 4.52 Å². The summed E-state index contributed by atoms with van der Waals surface area (Å²) >= 11 is 1.36. The molecule has 0 radical (unpaired) electrons. The Hall–Kier alpha value is -3.26. The van der Waals surface area contributed by atoms with Crippen molar-refractivity contribution in [3.8, 4) is 10.7 Å². The molecular formula is C19H11F2N5S. The zero-order valence-corrected chi connectivity index (χ0v) is 14.6. The Morgan fingerprint density at radius 2 is 1.74 bits per heavy atom. The van der Waals surface area contributed by atoms with Crippen LogP contribution in [0.1, 0.15) is 11.4 Å². The van der Waals surface area contributed by atoms with E-state index in [0.717, 1.165) is 22.7 Å². The molecule has 0 N–H and O–H groups in total. The minimum atomic E-state index is -0.620. The van der Waals surface area contributed by atoms with Crippen LogP contribution in [-0.2, 0) is 6.42 Å². The van der Waals surface area contributed by atoms with Crippen LogP contribution in [0.3, 0.4) is 0 Å². The smallest absolute Gasteiger partial charge is 0.235 e. The summed E-state index contributed by atoms with van der Waals surface area (Å²) in [5.74, 6) is -0.728. The van der Waals surface area contributed by atoms with Crippen molar-refractivity contribution in [1.82, 2.24) is 24.8 Å². The fourth-order valence-corrected chi connectivity index (χ4v) is 3.78. The summed E-state index contributed by atoms with van der Waals surface area (Å²) in [6.45, 7) is 0. The molecule has 0 saturated carbocycles. The van der Waals surface area contributed by atoms with E-state index in [-0.39, 0.29) is 6.42 Å². The summed E-state index contributed by atoms with van der Waals surface area (Å²) in [6, 6.07) is 15.2. The van der Waals surface area contributed by atoms with Gasteiger partial charge >= 0.3 is 0 Å². The van der Waals surface area contributed by atoms with Gasteiger partial charge in [0, 0.05) is 17.9 Å². The third-order valence-corrected chi connectivity index (χ3v) is 5.08. The topological polar surface area (TPSA) is 56.0 Å². The molecule has 27 heavy (non-hydrogen) atoms. The Kier molecular flexibility index (Phi) is 3.64. The molecule has 5 rings (SSSR count). The first kappa shape index (κ1) is 16.0. The van der Waals surface area contributed by atoms with Crippen molar-refractivity contribution in [1.29, 1.82) is 0 Å². The molecule has 2 aromatic carbocycles. The second kappa shape index (κ2) is 6.17. The Morgan fingerprint density at radius 3 is 2.59 bits per heavy atom. The van der Waals surface area contributed by atoms with Gasteiger partial charge in [-0.25, -0.2) is 13.8 Å². The molecule has 0 bridgehead atoms. The maximum Gasteiger partial charge on any atom is 0.235 e. The molecule has 5 aromatic rings. The number of para-hydroxylation sites is 1. The van der Waals surface area contributed by atoms with Gasteiger partial charge in [0.1, 0.15) is 17.3 Å². The van der Waals surface area contributed by atoms with E-state index in [4.69, 9.17) is 0 Å². The molecule has 0 aliphatic rings. The largest absolute Gasteiger partial charge is 0.245 e. The standard InChI is InChI=1S/C19H11F2N5S/c20-13-7-11(8-14(21)10-13)9-17-23-24-19-26(17)25-18(27-19)16-6-5-12-3-1-2-4-15(12)22-16/h1-8,10H,9H2. The number of rotatable bonds is 3. The number of hydrogen-bond acceptors (Lipinski definition) is 5. The number of aromatic nitrogens is 5. The van der Waals surface area contributed by atoms with Gasteiger partial charge in [-0.3, -0.25) is 0 Å². The first-order valence-electron chi connectivity index (χ1n) is 8.18. The normalized spacial score (nSPS) is 11.5. The van der Waals surface area contributed by atoms with Crippen LogP contribution in [0.5, 0.6) is 0 Å². The highest BCUT2D eigenvalue weighted by Crippen LogP contribution is 2.26. The zero-order valence-electron chi connectivity index (χ0n) is 13.8. The van der Waals surface area contributed by atoms with E-state index in [9.17, 15) is 8.78 Å². The van der Waals surface area contributed by atoms with Crippen molar-refractivity contribution in [2.24, 2.45) is 0 Å². The first-order chi connectivity index (χ1) is 13.2. The molecule has 8 heteroatoms. The van der Waals surface area contributed by atoms with Crippen molar-refractivity contribution >= 4 is 27.2 Å². The second-order valence-corrected chi connectivity index (χ2v) is 7.02. The number of pyridine rings is 1. The highest BCUT2D eigenvalue weighted by Gasteiger charge is 2.15. The SMILES string of the molecule is Fc1cc(F)cc(Cc2nnc3sc(-c4ccc5ccccc5n4)nn23)c1. The van der Waals surface area contributed by atoms with E-state index in [2.05, 4.69) is 20.3 Å². The lowest BCUT2D eigenvalue weighted by atomic mass is 10.1. The minimum Gasteiger partial charge on any atom is -0.245 e. The number of hydrogen-bond donors (Lipinski definition) is 0. The lowest BCUT2D eigenvalue weighted by molar-refractivity contribution is 0.580. The molecular weight excluding hydrogens is 368 g/mol. The van der Waals surface area contributed by atoms with E-state index < -0.39 is 11.6 Å². The summed E-state index contributed by atoms with van der Waals surface area (Å²) in [7, 11) is 0. The molecule has 3 heterocycles. The molecule has 0 saturated heterocycles. The summed E-state index contributed by atoms with van der Waals surface area (Å²) in [4.78, 5) is 5.25. The summed E-state index contributed by atoms with van der Waals surface area (Å²) in [5, 5.41) is 14.5. The highest BCUT2D eigenvalue weighted by molar-refractivity contribution is 7.19. The predicted octanol–water partition coefficient (Wildman–Crippen LogP) is 4.27. The molecule has 132 valence electrons. The number of fused-ring (bicyclic) bond motifs is 2. The van der Waals surface area contributed by atoms with Crippen LogP contribution in [0.25, 0.3) is 26.6 Å². The Bertz CT molecular complexity index is 1270. The van der Waals surface area contributed by atoms with Crippen LogP contribution in [0.15, 0.2) is 54.6 Å². The van der Waals surface area contributed by atoms with Gasteiger partial charge in [0.05, 0.1) is 5.52 Å². The molecule has 3 aromatic heterocycles. The van der Waals surface area contributed by atoms with Gasteiger partial charge in [-0.05, 0) is 29.8 Å². The Morgan fingerprint density at radius 1 is 0.926 bits per heavy atom. The van der Waals surface area contributed by atoms with E-state index >= 15 is 0 Å². The fourth-order valence-electron chi connectivity index (χ4n) is 2.95. The second-order valence-electron chi connectivity index (χ2n) is 6.06. The van der Waals surface area contributed by atoms with Crippen LogP contribution in [0.2, 0.25) is 0 Å². The van der Waals surface area contributed by atoms with Crippen molar-refractivity contribution < 1.29 is 8.78 Å². The Labute approximate surface area is 155 Å². The summed E-state index contributed by atoms with van der Waals surface area (Å²) in [6.07, 6.45) is 0.226. The molecule has 0 aliphatic carbocycles. The number of halogens is 2. The van der Waals surface area contributed by atoms with Gasteiger partial charge in [0.15, 0.2) is 10.8 Å². The predicted molar refractivity (Wildman–Crippen MR) is 98.6 cm³/mol. The molecule has 0 spiro atoms. The number of benzene rings is 2. The van der Waals surface area contributed by atoms with Crippen LogP contribution in [0, 0.1) is 11.6 Å². The first-order valence-corrected chi connectivity index (χ1v) is 9.00. The van der Waals surface area contributed by atoms with Gasteiger partial charge in [0.25, 0.3) is 0 Å². The molecule has 0 aliphatic heterocycles. The van der Waals surface area contributed by atoms with Crippen LogP contribution < -0.4 is 0 Å². The maximum absolute atomic E-state index is 13.4. The van der Waals surface area contributed by atoms with Crippen molar-refractivity contribution in [2.45, 2.75) is 6.42 Å². The van der Waals surface area contributed by atoms with Crippen molar-refractivity contribution in [2.75, 3.05) is 0 Å². The van der Waals surface area contributed by atoms with Crippen molar-refractivity contribution in [3.63, 3.8) is 0 Å². The third kappa shape index (κ3) is 2.93. The van der Waals surface area contributed by atoms with Gasteiger partial charge in [0.2, 0.25) is 4.96 Å². The highest BCUT2D eigenvalue weighted by atomic mass is 32.1. The molecule has 0 atom stereocenters. The monoisotopic (exact) mass is 379 g/mol. The zero-order chi connectivity index (χ0) is 18.4. The molecule has 0 unspecified atom stereocenters. The van der Waals surface area contributed by atoms with Gasteiger partial charge in [-0.1, -0.05) is 35.6 Å². The lowest BCUT2D eigenvalue weighted by Gasteiger charge is -2.00. The van der Waals surface area contributed by atoms with Crippen LogP contribution in [-0.4, -0.2) is 24.8 Å². The lowest BCUT2D eigenvalue weighted by Crippen LogP contribution is -1.99. The summed E-state index contributed by atoms with van der Waals surface area (Å²) in [5.41, 5.74) is 2.10. The summed E-state index contributed by atoms with van der Waals surface area (Å²) < 4.78 is 28.4. The average Bonchev–Trinajstić information content (AvgIpc) is 3.22. The quantitative estimate of drug-likeness (QED) is 0.470. The molecule has 0 fully saturated rings. The third-order valence-electron chi connectivity index (χ3n) is 4.16. The van der Waals surface area contributed by atoms with E-state index in [1.807, 2.05) is 36.4 Å². The average molecular weight is 379 g/mol. The molecule has 0 amide bonds. The van der Waals surface area contributed by atoms with Gasteiger partial charge in [-0.15, -0.1) is 10.2 Å². The Balaban J connectivity index is 1.54. The van der Waals surface area contributed by atoms with Crippen LogP contribution >= 0.6 is 11.3 Å². The van der Waals surface area contributed by atoms with E-state index in [0.29, 0.717) is 21.4 Å². The van der Waals surface area contributed by atoms with E-state index in [1.165, 1.54) is 23.5 Å². The van der Waals surface area contributed by atoms with Gasteiger partial charge in [-0.2, -0.15) is 9.61 Å². The maximum atomic E-state index is 13.4. The fraction of sp³-hybridized carbons (Fsp3) is 0.0526. The van der Waals surface area contributed by atoms with Crippen molar-refractivity contribution in [3.05, 3.63) is 77.6 Å². The van der Waals surface area contributed by atoms with Gasteiger partial charge < -0.3 is 0 Å². The van der Waals surface area contributed by atoms with Crippen LogP contribution in [0.4, 0.5) is 8.78 Å². The minimum absolute atomic E-state index is 0.226. The number of nitrogens with zero attached hydrogens (tertiary/aromatic N) is 5.